The first kappa shape index (κ1) is 27.5. The average Bonchev–Trinajstić information content (AvgIpc) is 3.48. The first-order chi connectivity index (χ1) is 18.7. The van der Waals surface area contributed by atoms with E-state index in [2.05, 4.69) is 26.0 Å². The van der Waals surface area contributed by atoms with E-state index in [1.54, 1.807) is 31.2 Å². The smallest absolute Gasteiger partial charge is 0.373 e. The van der Waals surface area contributed by atoms with Crippen LogP contribution in [-0.4, -0.2) is 47.6 Å². The van der Waals surface area contributed by atoms with E-state index in [1.165, 1.54) is 37.5 Å². The van der Waals surface area contributed by atoms with Crippen molar-refractivity contribution in [3.63, 3.8) is 0 Å². The van der Waals surface area contributed by atoms with Crippen molar-refractivity contribution in [3.8, 4) is 11.5 Å². The molecule has 4 rings (SSSR count). The number of amides is 3. The minimum atomic E-state index is -1.03. The van der Waals surface area contributed by atoms with Crippen molar-refractivity contribution in [1.29, 1.82) is 0 Å². The van der Waals surface area contributed by atoms with Crippen LogP contribution in [0.2, 0.25) is 0 Å². The summed E-state index contributed by atoms with van der Waals surface area (Å²) in [5.74, 6) is -1.32. The van der Waals surface area contributed by atoms with Crippen LogP contribution >= 0.6 is 15.9 Å². The highest BCUT2D eigenvalue weighted by molar-refractivity contribution is 9.10. The third-order valence-corrected chi connectivity index (χ3v) is 6.11. The molecule has 0 spiro atoms. The Balaban J connectivity index is 1.53. The molecule has 2 aromatic carbocycles. The molecule has 1 aliphatic rings. The van der Waals surface area contributed by atoms with Gasteiger partial charge in [-0.15, -0.1) is 0 Å². The number of carboxylic acid groups (broad SMARTS) is 1. The summed E-state index contributed by atoms with van der Waals surface area (Å²) in [5, 5.41) is 11.7. The molecule has 2 N–H and O–H groups in total. The van der Waals surface area contributed by atoms with Crippen LogP contribution in [0.3, 0.4) is 0 Å². The number of halogens is 1. The zero-order valence-corrected chi connectivity index (χ0v) is 22.4. The summed E-state index contributed by atoms with van der Waals surface area (Å²) in [6, 6.07) is 12.0. The molecule has 1 saturated heterocycles. The molecule has 2 heterocycles. The number of aromatic carboxylic acids is 1. The van der Waals surface area contributed by atoms with E-state index in [0.29, 0.717) is 33.7 Å². The highest BCUT2D eigenvalue weighted by Gasteiger charge is 2.34. The van der Waals surface area contributed by atoms with Crippen LogP contribution in [-0.2, 0) is 22.7 Å². The summed E-state index contributed by atoms with van der Waals surface area (Å²) in [6.07, 6.45) is 1.50. The van der Waals surface area contributed by atoms with Gasteiger partial charge in [0.25, 0.3) is 5.91 Å². The Kier molecular flexibility index (Phi) is 8.35. The molecular formula is C27H23BrN2O9. The molecule has 202 valence electrons. The van der Waals surface area contributed by atoms with Gasteiger partial charge in [0.1, 0.15) is 18.1 Å². The first-order valence-electron chi connectivity index (χ1n) is 11.6. The van der Waals surface area contributed by atoms with E-state index < -0.39 is 23.9 Å². The van der Waals surface area contributed by atoms with E-state index in [4.69, 9.17) is 13.9 Å². The number of carbonyl (C=O) groups is 4. The molecule has 0 aliphatic carbocycles. The maximum atomic E-state index is 13.0. The number of nitrogens with one attached hydrogen (secondary N) is 1. The van der Waals surface area contributed by atoms with Crippen LogP contribution in [0.1, 0.15) is 44.7 Å². The number of carboxylic acids is 1. The Morgan fingerprint density at radius 3 is 2.64 bits per heavy atom. The lowest BCUT2D eigenvalue weighted by atomic mass is 10.1. The summed E-state index contributed by atoms with van der Waals surface area (Å²) in [6.45, 7) is 2.05. The zero-order chi connectivity index (χ0) is 28.1. The van der Waals surface area contributed by atoms with Crippen LogP contribution in [0.15, 0.2) is 63.1 Å². The second kappa shape index (κ2) is 11.9. The number of ether oxygens (including phenoxy) is 3. The van der Waals surface area contributed by atoms with Crippen LogP contribution in [0.4, 0.5) is 4.79 Å². The molecule has 0 atom stereocenters. The van der Waals surface area contributed by atoms with Crippen molar-refractivity contribution in [1.82, 2.24) is 10.2 Å². The SMILES string of the molecule is CCOc1cc(/C=C2\NC(=O)N(Cc3ccc(C(=O)OC)o3)C2=O)cc(Br)c1OCc1cccc(C(=O)O)c1. The molecule has 0 unspecified atom stereocenters. The predicted molar refractivity (Wildman–Crippen MR) is 140 cm³/mol. The van der Waals surface area contributed by atoms with Gasteiger partial charge in [-0.3, -0.25) is 9.69 Å². The Hall–Kier alpha value is -4.58. The molecule has 0 radical (unpaired) electrons. The highest BCUT2D eigenvalue weighted by Crippen LogP contribution is 2.38. The van der Waals surface area contributed by atoms with Crippen molar-refractivity contribution in [3.05, 3.63) is 86.9 Å². The summed E-state index contributed by atoms with van der Waals surface area (Å²) in [5.41, 5.74) is 1.38. The Morgan fingerprint density at radius 2 is 1.92 bits per heavy atom. The molecule has 0 bridgehead atoms. The minimum Gasteiger partial charge on any atom is -0.490 e. The Labute approximate surface area is 231 Å². The summed E-state index contributed by atoms with van der Waals surface area (Å²) in [4.78, 5) is 49.2. The molecule has 0 saturated carbocycles. The number of hydrogen-bond acceptors (Lipinski definition) is 8. The molecular weight excluding hydrogens is 576 g/mol. The standard InChI is InChI=1S/C27H23BrN2O9/c1-3-37-22-12-16(10-19(28)23(22)38-14-15-5-4-6-17(9-15)25(32)33)11-20-24(31)30(27(35)29-20)13-18-7-8-21(39-18)26(34)36-2/h4-12H,3,13-14H2,1-2H3,(H,29,35)(H,32,33)/b20-11-. The van der Waals surface area contributed by atoms with Crippen molar-refractivity contribution >= 4 is 45.9 Å². The maximum Gasteiger partial charge on any atom is 0.373 e. The normalized spacial score (nSPS) is 13.9. The number of nitrogens with zero attached hydrogens (tertiary/aromatic N) is 1. The second-order valence-electron chi connectivity index (χ2n) is 8.19. The van der Waals surface area contributed by atoms with Gasteiger partial charge in [0.15, 0.2) is 11.5 Å². The topological polar surface area (TPSA) is 145 Å². The van der Waals surface area contributed by atoms with Gasteiger partial charge in [-0.05, 0) is 76.5 Å². The molecule has 1 aromatic heterocycles. The number of esters is 1. The van der Waals surface area contributed by atoms with Gasteiger partial charge in [0.05, 0.1) is 30.3 Å². The van der Waals surface area contributed by atoms with Gasteiger partial charge in [-0.1, -0.05) is 12.1 Å². The maximum absolute atomic E-state index is 13.0. The van der Waals surface area contributed by atoms with E-state index >= 15 is 0 Å². The second-order valence-corrected chi connectivity index (χ2v) is 9.05. The number of benzene rings is 2. The number of methoxy groups -OCH3 is 1. The minimum absolute atomic E-state index is 0.0354. The van der Waals surface area contributed by atoms with E-state index in [-0.39, 0.29) is 35.9 Å². The third-order valence-electron chi connectivity index (χ3n) is 5.52. The van der Waals surface area contributed by atoms with E-state index in [0.717, 1.165) is 4.90 Å². The lowest BCUT2D eigenvalue weighted by Gasteiger charge is -2.15. The molecule has 1 fully saturated rings. The first-order valence-corrected chi connectivity index (χ1v) is 12.4. The highest BCUT2D eigenvalue weighted by atomic mass is 79.9. The van der Waals surface area contributed by atoms with E-state index in [1.807, 2.05) is 0 Å². The lowest BCUT2D eigenvalue weighted by Crippen LogP contribution is -2.30. The van der Waals surface area contributed by atoms with E-state index in [9.17, 15) is 24.3 Å². The Bertz CT molecular complexity index is 1480. The summed E-state index contributed by atoms with van der Waals surface area (Å²) < 4.78 is 22.2. The molecule has 39 heavy (non-hydrogen) atoms. The van der Waals surface area contributed by atoms with Crippen molar-refractivity contribution in [2.45, 2.75) is 20.1 Å². The molecule has 1 aliphatic heterocycles. The fourth-order valence-electron chi connectivity index (χ4n) is 3.73. The number of hydrogen-bond donors (Lipinski definition) is 2. The van der Waals surface area contributed by atoms with Gasteiger partial charge < -0.3 is 29.1 Å². The molecule has 11 nitrogen and oxygen atoms in total. The average molecular weight is 599 g/mol. The van der Waals surface area contributed by atoms with Crippen LogP contribution < -0.4 is 14.8 Å². The predicted octanol–water partition coefficient (Wildman–Crippen LogP) is 4.60. The van der Waals surface area contributed by atoms with Crippen molar-refractivity contribution < 1.29 is 42.9 Å². The lowest BCUT2D eigenvalue weighted by molar-refractivity contribution is -0.123. The van der Waals surface area contributed by atoms with Crippen molar-refractivity contribution in [2.75, 3.05) is 13.7 Å². The summed E-state index contributed by atoms with van der Waals surface area (Å²) in [7, 11) is 1.22. The summed E-state index contributed by atoms with van der Waals surface area (Å²) >= 11 is 3.47. The van der Waals surface area contributed by atoms with Crippen LogP contribution in [0.25, 0.3) is 6.08 Å². The quantitative estimate of drug-likeness (QED) is 0.194. The Morgan fingerprint density at radius 1 is 1.13 bits per heavy atom. The van der Waals surface area contributed by atoms with Gasteiger partial charge in [-0.2, -0.15) is 0 Å². The molecule has 3 amide bonds. The van der Waals surface area contributed by atoms with Gasteiger partial charge >= 0.3 is 18.0 Å². The largest absolute Gasteiger partial charge is 0.490 e. The van der Waals surface area contributed by atoms with Gasteiger partial charge in [-0.25, -0.2) is 14.4 Å². The number of imide groups is 1. The fraction of sp³-hybridized carbons (Fsp3) is 0.185. The number of furan rings is 1. The molecule has 3 aromatic rings. The number of rotatable bonds is 10. The number of carbonyl (C=O) groups excluding carboxylic acids is 3. The fourth-order valence-corrected chi connectivity index (χ4v) is 4.31. The number of urea groups is 1. The van der Waals surface area contributed by atoms with Gasteiger partial charge in [0, 0.05) is 0 Å². The zero-order valence-electron chi connectivity index (χ0n) is 20.9. The van der Waals surface area contributed by atoms with Gasteiger partial charge in [0.2, 0.25) is 5.76 Å². The van der Waals surface area contributed by atoms with Crippen molar-refractivity contribution in [2.24, 2.45) is 0 Å². The third kappa shape index (κ3) is 6.29. The van der Waals surface area contributed by atoms with Crippen LogP contribution in [0.5, 0.6) is 11.5 Å². The molecule has 12 heteroatoms. The van der Waals surface area contributed by atoms with Crippen LogP contribution in [0, 0.1) is 0 Å². The monoisotopic (exact) mass is 598 g/mol.